The summed E-state index contributed by atoms with van der Waals surface area (Å²) in [5.74, 6) is 0.252. The Balaban J connectivity index is 2.28. The van der Waals surface area contributed by atoms with E-state index < -0.39 is 11.7 Å². The number of rotatable bonds is 7. The second-order valence-corrected chi connectivity index (χ2v) is 6.59. The predicted molar refractivity (Wildman–Crippen MR) is 91.3 cm³/mol. The molecule has 1 amide bonds. The van der Waals surface area contributed by atoms with E-state index in [4.69, 9.17) is 25.8 Å². The first-order chi connectivity index (χ1) is 11.2. The van der Waals surface area contributed by atoms with Gasteiger partial charge in [-0.25, -0.2) is 4.79 Å². The molecule has 0 unspecified atom stereocenters. The summed E-state index contributed by atoms with van der Waals surface area (Å²) in [4.78, 5) is 23.2. The highest BCUT2D eigenvalue weighted by Crippen LogP contribution is 2.23. The average molecular weight is 358 g/mol. The lowest BCUT2D eigenvalue weighted by molar-refractivity contribution is -0.145. The maximum Gasteiger partial charge on any atom is 0.407 e. The Kier molecular flexibility index (Phi) is 7.85. The van der Waals surface area contributed by atoms with Gasteiger partial charge >= 0.3 is 12.1 Å². The zero-order valence-corrected chi connectivity index (χ0v) is 15.2. The Hall–Kier alpha value is -1.95. The van der Waals surface area contributed by atoms with Crippen molar-refractivity contribution in [2.24, 2.45) is 0 Å². The molecule has 134 valence electrons. The van der Waals surface area contributed by atoms with Crippen molar-refractivity contribution in [2.75, 3.05) is 13.7 Å². The van der Waals surface area contributed by atoms with Gasteiger partial charge in [-0.2, -0.15) is 0 Å². The smallest absolute Gasteiger partial charge is 0.407 e. The molecule has 0 aromatic heterocycles. The summed E-state index contributed by atoms with van der Waals surface area (Å²) in [6, 6.07) is 5.11. The van der Waals surface area contributed by atoms with Crippen molar-refractivity contribution in [3.05, 3.63) is 28.8 Å². The third kappa shape index (κ3) is 8.06. The number of carbonyl (C=O) groups is 2. The zero-order chi connectivity index (χ0) is 18.2. The van der Waals surface area contributed by atoms with Gasteiger partial charge in [0.25, 0.3) is 0 Å². The minimum absolute atomic E-state index is 0.0854. The molecule has 0 aliphatic rings. The number of nitrogens with one attached hydrogen (secondary N) is 1. The van der Waals surface area contributed by atoms with Gasteiger partial charge < -0.3 is 19.5 Å². The predicted octanol–water partition coefficient (Wildman–Crippen LogP) is 3.70. The number of halogens is 1. The standard InChI is InChI=1S/C17H24ClNO5/c1-17(2,3)24-16(21)19-9-5-6-15(20)23-11-12-10-13(18)7-8-14(12)22-4/h7-8,10H,5-6,9,11H2,1-4H3,(H,19,21). The van der Waals surface area contributed by atoms with E-state index >= 15 is 0 Å². The molecule has 0 heterocycles. The topological polar surface area (TPSA) is 73.9 Å². The molecule has 6 nitrogen and oxygen atoms in total. The van der Waals surface area contributed by atoms with Crippen LogP contribution in [0.5, 0.6) is 5.75 Å². The second-order valence-electron chi connectivity index (χ2n) is 6.15. The minimum atomic E-state index is -0.543. The molecule has 0 aliphatic carbocycles. The van der Waals surface area contributed by atoms with Crippen LogP contribution in [0.25, 0.3) is 0 Å². The number of carbonyl (C=O) groups excluding carboxylic acids is 2. The van der Waals surface area contributed by atoms with Crippen LogP contribution in [0, 0.1) is 0 Å². The van der Waals surface area contributed by atoms with Gasteiger partial charge in [-0.05, 0) is 45.4 Å². The van der Waals surface area contributed by atoms with Crippen molar-refractivity contribution in [3.63, 3.8) is 0 Å². The first-order valence-corrected chi connectivity index (χ1v) is 8.04. The van der Waals surface area contributed by atoms with Crippen LogP contribution >= 0.6 is 11.6 Å². The van der Waals surface area contributed by atoms with E-state index in [1.54, 1.807) is 39.0 Å². The number of ether oxygens (including phenoxy) is 3. The minimum Gasteiger partial charge on any atom is -0.496 e. The summed E-state index contributed by atoms with van der Waals surface area (Å²) in [7, 11) is 1.54. The van der Waals surface area contributed by atoms with Crippen LogP contribution in [0.3, 0.4) is 0 Å². The Labute approximate surface area is 147 Å². The molecule has 0 atom stereocenters. The van der Waals surface area contributed by atoms with Crippen molar-refractivity contribution < 1.29 is 23.8 Å². The van der Waals surface area contributed by atoms with Gasteiger partial charge in [-0.3, -0.25) is 4.79 Å². The lowest BCUT2D eigenvalue weighted by atomic mass is 10.2. The van der Waals surface area contributed by atoms with Crippen LogP contribution in [0.15, 0.2) is 18.2 Å². The normalized spacial score (nSPS) is 10.9. The molecule has 7 heteroatoms. The van der Waals surface area contributed by atoms with E-state index in [9.17, 15) is 9.59 Å². The number of hydrogen-bond donors (Lipinski definition) is 1. The summed E-state index contributed by atoms with van der Waals surface area (Å²) >= 11 is 5.92. The molecule has 0 saturated carbocycles. The van der Waals surface area contributed by atoms with E-state index in [-0.39, 0.29) is 19.0 Å². The lowest BCUT2D eigenvalue weighted by Crippen LogP contribution is -2.33. The van der Waals surface area contributed by atoms with E-state index in [1.165, 1.54) is 7.11 Å². The van der Waals surface area contributed by atoms with Gasteiger partial charge in [0.15, 0.2) is 0 Å². The number of hydrogen-bond acceptors (Lipinski definition) is 5. The molecule has 24 heavy (non-hydrogen) atoms. The second kappa shape index (κ2) is 9.37. The van der Waals surface area contributed by atoms with E-state index in [2.05, 4.69) is 5.32 Å². The van der Waals surface area contributed by atoms with Crippen molar-refractivity contribution >= 4 is 23.7 Å². The zero-order valence-electron chi connectivity index (χ0n) is 14.5. The fourth-order valence-corrected chi connectivity index (χ4v) is 2.02. The Bertz CT molecular complexity index is 569. The Morgan fingerprint density at radius 2 is 1.96 bits per heavy atom. The summed E-state index contributed by atoms with van der Waals surface area (Å²) in [6.45, 7) is 5.78. The maximum atomic E-state index is 11.7. The summed E-state index contributed by atoms with van der Waals surface area (Å²) in [5.41, 5.74) is 0.157. The Morgan fingerprint density at radius 1 is 1.25 bits per heavy atom. The third-order valence-corrected chi connectivity index (χ3v) is 3.09. The number of methoxy groups -OCH3 is 1. The monoisotopic (exact) mass is 357 g/mol. The number of alkyl carbamates (subject to hydrolysis) is 1. The highest BCUT2D eigenvalue weighted by Gasteiger charge is 2.15. The van der Waals surface area contributed by atoms with Gasteiger partial charge in [-0.1, -0.05) is 11.6 Å². The molecule has 1 rings (SSSR count). The van der Waals surface area contributed by atoms with Crippen molar-refractivity contribution in [1.29, 1.82) is 0 Å². The quantitative estimate of drug-likeness (QED) is 0.595. The fourth-order valence-electron chi connectivity index (χ4n) is 1.83. The van der Waals surface area contributed by atoms with Crippen molar-refractivity contribution in [1.82, 2.24) is 5.32 Å². The van der Waals surface area contributed by atoms with Crippen LogP contribution in [-0.2, 0) is 20.9 Å². The molecule has 0 aliphatic heterocycles. The maximum absolute atomic E-state index is 11.7. The summed E-state index contributed by atoms with van der Waals surface area (Å²) in [5, 5.41) is 3.13. The number of benzene rings is 1. The fraction of sp³-hybridized carbons (Fsp3) is 0.529. The molecule has 1 N–H and O–H groups in total. The molecule has 0 saturated heterocycles. The van der Waals surface area contributed by atoms with Crippen LogP contribution in [0.2, 0.25) is 5.02 Å². The van der Waals surface area contributed by atoms with E-state index in [0.29, 0.717) is 29.3 Å². The highest BCUT2D eigenvalue weighted by atomic mass is 35.5. The first kappa shape index (κ1) is 20.1. The molecule has 1 aromatic carbocycles. The molecule has 0 spiro atoms. The lowest BCUT2D eigenvalue weighted by Gasteiger charge is -2.19. The van der Waals surface area contributed by atoms with Gasteiger partial charge in [0.05, 0.1) is 7.11 Å². The molecule has 0 bridgehead atoms. The van der Waals surface area contributed by atoms with Gasteiger partial charge in [-0.15, -0.1) is 0 Å². The van der Waals surface area contributed by atoms with E-state index in [1.807, 2.05) is 0 Å². The van der Waals surface area contributed by atoms with Crippen LogP contribution in [0.1, 0.15) is 39.2 Å². The van der Waals surface area contributed by atoms with Crippen LogP contribution in [0.4, 0.5) is 4.79 Å². The summed E-state index contributed by atoms with van der Waals surface area (Å²) < 4.78 is 15.5. The van der Waals surface area contributed by atoms with Gasteiger partial charge in [0, 0.05) is 23.6 Å². The van der Waals surface area contributed by atoms with E-state index in [0.717, 1.165) is 0 Å². The molecule has 0 fully saturated rings. The van der Waals surface area contributed by atoms with Crippen molar-refractivity contribution in [2.45, 2.75) is 45.8 Å². The van der Waals surface area contributed by atoms with Crippen molar-refractivity contribution in [3.8, 4) is 5.75 Å². The molecule has 0 radical (unpaired) electrons. The summed E-state index contributed by atoms with van der Waals surface area (Å²) in [6.07, 6.45) is 0.156. The van der Waals surface area contributed by atoms with Crippen LogP contribution in [-0.4, -0.2) is 31.3 Å². The van der Waals surface area contributed by atoms with Gasteiger partial charge in [0.1, 0.15) is 18.0 Å². The molecule has 1 aromatic rings. The SMILES string of the molecule is COc1ccc(Cl)cc1COC(=O)CCCNC(=O)OC(C)(C)C. The highest BCUT2D eigenvalue weighted by molar-refractivity contribution is 6.30. The number of amides is 1. The molecular weight excluding hydrogens is 334 g/mol. The van der Waals surface area contributed by atoms with Crippen LogP contribution < -0.4 is 10.1 Å². The Morgan fingerprint density at radius 3 is 2.58 bits per heavy atom. The largest absolute Gasteiger partial charge is 0.496 e. The third-order valence-electron chi connectivity index (χ3n) is 2.86. The number of esters is 1. The first-order valence-electron chi connectivity index (χ1n) is 7.66. The molecular formula is C17H24ClNO5. The average Bonchev–Trinajstić information content (AvgIpc) is 2.48. The van der Waals surface area contributed by atoms with Gasteiger partial charge in [0.2, 0.25) is 0 Å².